The fourth-order valence-corrected chi connectivity index (χ4v) is 6.60. The molecule has 1 aliphatic rings. The minimum atomic E-state index is -5.54. The number of hydrogen-bond donors (Lipinski definition) is 8. The van der Waals surface area contributed by atoms with Gasteiger partial charge in [0.2, 0.25) is 29.5 Å². The molecule has 5 atom stereocenters. The molecule has 9 N–H and O–H groups in total. The van der Waals surface area contributed by atoms with E-state index in [1.807, 2.05) is 20.1 Å². The first-order valence-corrected chi connectivity index (χ1v) is 20.2. The van der Waals surface area contributed by atoms with Gasteiger partial charge in [0.15, 0.2) is 0 Å². The summed E-state index contributed by atoms with van der Waals surface area (Å²) >= 11 is 1.42. The van der Waals surface area contributed by atoms with Crippen LogP contribution in [0.15, 0.2) is 24.3 Å². The molecule has 0 spiro atoms. The van der Waals surface area contributed by atoms with Crippen molar-refractivity contribution in [2.75, 3.05) is 25.1 Å². The molecule has 21 heteroatoms. The molecule has 1 fully saturated rings. The van der Waals surface area contributed by atoms with Gasteiger partial charge in [-0.25, -0.2) is 13.9 Å². The number of nitrogens with one attached hydrogen (secondary N) is 4. The second-order valence-corrected chi connectivity index (χ2v) is 15.8. The number of aliphatic carboxylic acids is 1. The molecule has 0 saturated carbocycles. The molecule has 304 valence electrons. The number of rotatable bonds is 21. The van der Waals surface area contributed by atoms with E-state index in [2.05, 4.69) is 25.8 Å². The maximum Gasteiger partial charge on any atom is 0.474 e. The number of carboxylic acid groups (broad SMARTS) is 1. The third kappa shape index (κ3) is 14.5. The first kappa shape index (κ1) is 46.5. The number of thioether (sulfide) groups is 1. The largest absolute Gasteiger partial charge is 0.480 e. The number of benzene rings is 1. The first-order chi connectivity index (χ1) is 25.1. The van der Waals surface area contributed by atoms with Gasteiger partial charge >= 0.3 is 19.9 Å². The van der Waals surface area contributed by atoms with E-state index >= 15 is 0 Å². The third-order valence-electron chi connectivity index (χ3n) is 8.43. The molecule has 1 heterocycles. The van der Waals surface area contributed by atoms with Crippen molar-refractivity contribution in [2.45, 2.75) is 96.1 Å². The Morgan fingerprint density at radius 1 is 0.981 bits per heavy atom. The summed E-state index contributed by atoms with van der Waals surface area (Å²) in [6, 6.07) is -1.87. The van der Waals surface area contributed by atoms with Crippen LogP contribution in [0.1, 0.15) is 64.5 Å². The summed E-state index contributed by atoms with van der Waals surface area (Å²) in [6.45, 7) is 6.58. The average molecular weight is 809 g/mol. The van der Waals surface area contributed by atoms with Crippen LogP contribution >= 0.6 is 19.6 Å². The Bertz CT molecular complexity index is 1530. The van der Waals surface area contributed by atoms with Gasteiger partial charge < -0.3 is 46.8 Å². The summed E-state index contributed by atoms with van der Waals surface area (Å²) in [5, 5.41) is 19.9. The molecule has 1 aromatic carbocycles. The zero-order chi connectivity index (χ0) is 41.0. The Labute approximate surface area is 316 Å². The number of nitrogens with two attached hydrogens (primary N) is 1. The summed E-state index contributed by atoms with van der Waals surface area (Å²) < 4.78 is 42.9. The van der Waals surface area contributed by atoms with Gasteiger partial charge in [-0.3, -0.25) is 24.0 Å². The lowest BCUT2D eigenvalue weighted by Gasteiger charge is -2.32. The topological polar surface area (TPSA) is 267 Å². The van der Waals surface area contributed by atoms with E-state index in [0.717, 1.165) is 24.3 Å². The van der Waals surface area contributed by atoms with Gasteiger partial charge in [-0.05, 0) is 55.1 Å². The van der Waals surface area contributed by atoms with Crippen LogP contribution in [-0.4, -0.2) is 111 Å². The molecular formula is C33H51F2N6O11PS. The summed E-state index contributed by atoms with van der Waals surface area (Å²) in [5.41, 5.74) is 4.79. The predicted molar refractivity (Wildman–Crippen MR) is 194 cm³/mol. The lowest BCUT2D eigenvalue weighted by Crippen LogP contribution is -2.60. The van der Waals surface area contributed by atoms with Crippen LogP contribution in [0.3, 0.4) is 0 Å². The van der Waals surface area contributed by atoms with E-state index in [4.69, 9.17) is 15.5 Å². The van der Waals surface area contributed by atoms with E-state index in [1.54, 1.807) is 13.8 Å². The number of likely N-dealkylation sites (tertiary alicyclic amines) is 1. The molecule has 5 amide bonds. The van der Waals surface area contributed by atoms with Crippen molar-refractivity contribution < 1.29 is 61.5 Å². The zero-order valence-corrected chi connectivity index (χ0v) is 32.5. The maximum absolute atomic E-state index is 14.2. The number of phosphoric acid groups is 1. The highest BCUT2D eigenvalue weighted by atomic mass is 32.2. The summed E-state index contributed by atoms with van der Waals surface area (Å²) in [4.78, 5) is 97.4. The smallest absolute Gasteiger partial charge is 0.474 e. The molecule has 1 saturated heterocycles. The van der Waals surface area contributed by atoms with Crippen LogP contribution in [-0.2, 0) is 50.4 Å². The Hall–Kier alpha value is -3.68. The van der Waals surface area contributed by atoms with Gasteiger partial charge in [0.1, 0.15) is 30.2 Å². The highest BCUT2D eigenvalue weighted by molar-refractivity contribution is 7.98. The van der Waals surface area contributed by atoms with Gasteiger partial charge in [-0.15, -0.1) is 0 Å². The highest BCUT2D eigenvalue weighted by Gasteiger charge is 2.42. The lowest BCUT2D eigenvalue weighted by atomic mass is 9.99. The number of carbonyl (C=O) groups is 6. The fraction of sp³-hybridized carbons (Fsp3) is 0.636. The van der Waals surface area contributed by atoms with Crippen molar-refractivity contribution in [3.05, 3.63) is 35.4 Å². The zero-order valence-electron chi connectivity index (χ0n) is 30.8. The fourth-order valence-electron chi connectivity index (χ4n) is 5.72. The van der Waals surface area contributed by atoms with Crippen LogP contribution in [0, 0.1) is 11.8 Å². The second-order valence-electron chi connectivity index (χ2n) is 13.6. The van der Waals surface area contributed by atoms with E-state index in [0.29, 0.717) is 12.2 Å². The molecule has 0 aromatic heterocycles. The van der Waals surface area contributed by atoms with Crippen molar-refractivity contribution in [1.29, 1.82) is 0 Å². The molecular weight excluding hydrogens is 757 g/mol. The summed E-state index contributed by atoms with van der Waals surface area (Å²) in [7, 11) is -5.54. The van der Waals surface area contributed by atoms with Gasteiger partial charge in [0.25, 0.3) is 0 Å². The molecule has 1 aromatic rings. The second kappa shape index (κ2) is 20.8. The third-order valence-corrected chi connectivity index (χ3v) is 9.55. The average Bonchev–Trinajstić information content (AvgIpc) is 3.57. The quantitative estimate of drug-likeness (QED) is 0.0801. The maximum atomic E-state index is 14.2. The number of phosphoric ester groups is 1. The van der Waals surface area contributed by atoms with Crippen LogP contribution < -0.4 is 27.0 Å². The van der Waals surface area contributed by atoms with E-state index in [-0.39, 0.29) is 43.7 Å². The standard InChI is InChI=1S/C33H51F2N6O11PS/c1-18(2)15-24(32(47)48)39-28(43)22(12-14-54-5)38-30(45)25-7-6-13-41(25)31(46)27(19(3)4)40-29(44)23(37-26(42)17-36)16-20-8-10-21(11-9-20)33(34,35)52-53(49,50)51/h8-11,18-19,22-25,27H,6-7,12-17,36H2,1-5H3,(H,37,42)(H,38,45)(H,39,43)(H,40,44)(H,47,48)(H2,49,50,51)/t22-,23?,24-,25-,27-/m0/s1. The number of nitrogens with zero attached hydrogens (tertiary/aromatic N) is 1. The highest BCUT2D eigenvalue weighted by Crippen LogP contribution is 2.47. The molecule has 54 heavy (non-hydrogen) atoms. The van der Waals surface area contributed by atoms with Crippen molar-refractivity contribution >= 4 is 55.1 Å². The number of carboxylic acids is 1. The molecule has 0 bridgehead atoms. The molecule has 0 aliphatic carbocycles. The van der Waals surface area contributed by atoms with E-state index < -0.39 is 97.7 Å². The molecule has 0 radical (unpaired) electrons. The Balaban J connectivity index is 2.26. The van der Waals surface area contributed by atoms with Crippen molar-refractivity contribution in [3.63, 3.8) is 0 Å². The van der Waals surface area contributed by atoms with Crippen LogP contribution in [0.4, 0.5) is 8.78 Å². The van der Waals surface area contributed by atoms with Crippen molar-refractivity contribution in [2.24, 2.45) is 17.6 Å². The molecule has 1 aliphatic heterocycles. The Kier molecular flexibility index (Phi) is 17.9. The summed E-state index contributed by atoms with van der Waals surface area (Å²) in [5.74, 6) is -4.76. The lowest BCUT2D eigenvalue weighted by molar-refractivity contribution is -0.195. The number of carbonyl (C=O) groups excluding carboxylic acids is 5. The normalized spacial score (nSPS) is 17.0. The van der Waals surface area contributed by atoms with Crippen molar-refractivity contribution in [1.82, 2.24) is 26.2 Å². The SMILES string of the molecule is CSCC[C@H](NC(=O)[C@@H]1CCCN1C(=O)[C@@H](NC(=O)C(Cc1ccc(C(F)(F)OP(=O)(O)O)cc1)NC(=O)CN)C(C)C)C(=O)N[C@@H](CC(C)C)C(=O)O. The van der Waals surface area contributed by atoms with Gasteiger partial charge in [0.05, 0.1) is 12.1 Å². The summed E-state index contributed by atoms with van der Waals surface area (Å²) in [6.07, 6.45) is -1.74. The minimum absolute atomic E-state index is 0.0295. The van der Waals surface area contributed by atoms with Crippen LogP contribution in [0.5, 0.6) is 0 Å². The number of amides is 5. The monoisotopic (exact) mass is 808 g/mol. The Morgan fingerprint density at radius 2 is 1.59 bits per heavy atom. The molecule has 2 rings (SSSR count). The number of hydrogen-bond acceptors (Lipinski definition) is 10. The van der Waals surface area contributed by atoms with E-state index in [1.165, 1.54) is 16.7 Å². The van der Waals surface area contributed by atoms with Crippen LogP contribution in [0.2, 0.25) is 0 Å². The van der Waals surface area contributed by atoms with Gasteiger partial charge in [-0.2, -0.15) is 20.5 Å². The molecule has 17 nitrogen and oxygen atoms in total. The first-order valence-electron chi connectivity index (χ1n) is 17.3. The number of halogens is 2. The Morgan fingerprint density at radius 3 is 2.11 bits per heavy atom. The van der Waals surface area contributed by atoms with Gasteiger partial charge in [0, 0.05) is 13.0 Å². The van der Waals surface area contributed by atoms with Crippen LogP contribution in [0.25, 0.3) is 0 Å². The molecule has 1 unspecified atom stereocenters. The minimum Gasteiger partial charge on any atom is -0.480 e. The van der Waals surface area contributed by atoms with E-state index in [9.17, 15) is 47.2 Å². The van der Waals surface area contributed by atoms with Gasteiger partial charge in [-0.1, -0.05) is 52.0 Å². The predicted octanol–water partition coefficient (Wildman–Crippen LogP) is 0.816. The van der Waals surface area contributed by atoms with Crippen molar-refractivity contribution in [3.8, 4) is 0 Å². The number of alkyl halides is 2.